The van der Waals surface area contributed by atoms with E-state index < -0.39 is 0 Å². The van der Waals surface area contributed by atoms with Crippen molar-refractivity contribution in [1.82, 2.24) is 10.2 Å². The maximum absolute atomic E-state index is 3.68. The van der Waals surface area contributed by atoms with Gasteiger partial charge < -0.3 is 5.32 Å². The highest BCUT2D eigenvalue weighted by Gasteiger charge is 2.50. The molecular formula is C21H26N2. The van der Waals surface area contributed by atoms with Gasteiger partial charge in [0, 0.05) is 25.2 Å². The summed E-state index contributed by atoms with van der Waals surface area (Å²) in [4.78, 5) is 2.67. The first-order chi connectivity index (χ1) is 11.3. The van der Waals surface area contributed by atoms with Gasteiger partial charge in [0.25, 0.3) is 0 Å². The maximum Gasteiger partial charge on any atom is 0.0240 e. The van der Waals surface area contributed by atoms with Crippen molar-refractivity contribution >= 4 is 0 Å². The SMILES string of the molecule is CC(C1C2CNC1C2)N(Cc1ccccc1)Cc1ccccc1. The van der Waals surface area contributed by atoms with Gasteiger partial charge in [-0.15, -0.1) is 0 Å². The van der Waals surface area contributed by atoms with Crippen molar-refractivity contribution in [3.63, 3.8) is 0 Å². The summed E-state index contributed by atoms with van der Waals surface area (Å²) >= 11 is 0. The number of nitrogens with zero attached hydrogens (tertiary/aromatic N) is 1. The van der Waals surface area contributed by atoms with Crippen LogP contribution in [0, 0.1) is 11.8 Å². The van der Waals surface area contributed by atoms with Crippen LogP contribution in [-0.4, -0.2) is 23.5 Å². The molecule has 3 aliphatic rings. The van der Waals surface area contributed by atoms with Crippen molar-refractivity contribution in [3.8, 4) is 0 Å². The zero-order valence-electron chi connectivity index (χ0n) is 13.9. The molecule has 1 N–H and O–H groups in total. The van der Waals surface area contributed by atoms with E-state index in [-0.39, 0.29) is 0 Å². The van der Waals surface area contributed by atoms with E-state index in [0.29, 0.717) is 6.04 Å². The smallest absolute Gasteiger partial charge is 0.0240 e. The van der Waals surface area contributed by atoms with Gasteiger partial charge in [0.05, 0.1) is 0 Å². The summed E-state index contributed by atoms with van der Waals surface area (Å²) in [5.41, 5.74) is 2.82. The summed E-state index contributed by atoms with van der Waals surface area (Å²) in [6.45, 7) is 5.73. The zero-order valence-corrected chi connectivity index (χ0v) is 13.9. The quantitative estimate of drug-likeness (QED) is 0.875. The van der Waals surface area contributed by atoms with Crippen LogP contribution >= 0.6 is 0 Å². The summed E-state index contributed by atoms with van der Waals surface area (Å²) < 4.78 is 0. The van der Waals surface area contributed by atoms with Gasteiger partial charge in [0.15, 0.2) is 0 Å². The van der Waals surface area contributed by atoms with Crippen molar-refractivity contribution in [2.24, 2.45) is 11.8 Å². The molecule has 4 atom stereocenters. The van der Waals surface area contributed by atoms with Crippen LogP contribution in [0.1, 0.15) is 24.5 Å². The van der Waals surface area contributed by atoms with Crippen LogP contribution in [0.4, 0.5) is 0 Å². The maximum atomic E-state index is 3.68. The lowest BCUT2D eigenvalue weighted by Gasteiger charge is -2.44. The zero-order chi connectivity index (χ0) is 15.6. The number of fused-ring (bicyclic) bond motifs is 1. The topological polar surface area (TPSA) is 15.3 Å². The van der Waals surface area contributed by atoms with Gasteiger partial charge in [-0.1, -0.05) is 60.7 Å². The molecule has 2 saturated heterocycles. The fourth-order valence-corrected chi connectivity index (χ4v) is 4.47. The van der Waals surface area contributed by atoms with Gasteiger partial charge in [-0.3, -0.25) is 4.90 Å². The molecule has 0 radical (unpaired) electrons. The number of benzene rings is 2. The average molecular weight is 306 g/mol. The largest absolute Gasteiger partial charge is 0.313 e. The van der Waals surface area contributed by atoms with Crippen LogP contribution in [-0.2, 0) is 13.1 Å². The summed E-state index contributed by atoms with van der Waals surface area (Å²) in [5, 5.41) is 3.68. The van der Waals surface area contributed by atoms with E-state index in [1.54, 1.807) is 0 Å². The lowest BCUT2D eigenvalue weighted by molar-refractivity contribution is 0.0598. The molecule has 2 aromatic rings. The summed E-state index contributed by atoms with van der Waals surface area (Å²) in [6.07, 6.45) is 1.39. The molecule has 1 saturated carbocycles. The second kappa shape index (κ2) is 6.46. The van der Waals surface area contributed by atoms with Crippen LogP contribution < -0.4 is 5.32 Å². The lowest BCUT2D eigenvalue weighted by atomic mass is 9.69. The normalized spacial score (nSPS) is 27.0. The molecule has 0 aromatic heterocycles. The van der Waals surface area contributed by atoms with Crippen LogP contribution in [0.2, 0.25) is 0 Å². The first-order valence-electron chi connectivity index (χ1n) is 8.86. The Bertz CT molecular complexity index is 569. The monoisotopic (exact) mass is 306 g/mol. The molecule has 4 unspecified atom stereocenters. The standard InChI is InChI=1S/C21H26N2/c1-16(21-19-12-20(21)22-13-19)23(14-17-8-4-2-5-9-17)15-18-10-6-3-7-11-18/h2-11,16,19-22H,12-15H2,1H3. The highest BCUT2D eigenvalue weighted by Crippen LogP contribution is 2.44. The van der Waals surface area contributed by atoms with Gasteiger partial charge in [-0.25, -0.2) is 0 Å². The third-order valence-corrected chi connectivity index (χ3v) is 5.80. The van der Waals surface area contributed by atoms with E-state index in [4.69, 9.17) is 0 Å². The predicted molar refractivity (Wildman–Crippen MR) is 95.0 cm³/mol. The summed E-state index contributed by atoms with van der Waals surface area (Å²) in [5.74, 6) is 1.71. The molecule has 0 amide bonds. The van der Waals surface area contributed by atoms with Crippen molar-refractivity contribution in [2.75, 3.05) is 6.54 Å². The molecule has 120 valence electrons. The Labute approximate surface area is 139 Å². The van der Waals surface area contributed by atoms with Crippen LogP contribution in [0.5, 0.6) is 0 Å². The molecule has 1 aliphatic carbocycles. The molecule has 23 heavy (non-hydrogen) atoms. The molecule has 3 fully saturated rings. The molecule has 0 spiro atoms. The van der Waals surface area contributed by atoms with E-state index in [0.717, 1.165) is 31.0 Å². The highest BCUT2D eigenvalue weighted by atomic mass is 15.2. The number of rotatable bonds is 6. The van der Waals surface area contributed by atoms with E-state index in [1.807, 2.05) is 0 Å². The van der Waals surface area contributed by atoms with Gasteiger partial charge in [-0.2, -0.15) is 0 Å². The molecule has 2 aromatic carbocycles. The average Bonchev–Trinajstić information content (AvgIpc) is 3.21. The molecule has 2 bridgehead atoms. The van der Waals surface area contributed by atoms with Gasteiger partial charge >= 0.3 is 0 Å². The first-order valence-corrected chi connectivity index (χ1v) is 8.86. The summed E-state index contributed by atoms with van der Waals surface area (Å²) in [6, 6.07) is 23.2. The Morgan fingerprint density at radius 3 is 1.96 bits per heavy atom. The number of hydrogen-bond acceptors (Lipinski definition) is 2. The molecule has 2 heterocycles. The molecule has 2 aliphatic heterocycles. The van der Waals surface area contributed by atoms with Crippen LogP contribution in [0.25, 0.3) is 0 Å². The van der Waals surface area contributed by atoms with E-state index in [1.165, 1.54) is 24.1 Å². The lowest BCUT2D eigenvalue weighted by Crippen LogP contribution is -2.50. The molecule has 2 heteroatoms. The van der Waals surface area contributed by atoms with Crippen molar-refractivity contribution in [1.29, 1.82) is 0 Å². The van der Waals surface area contributed by atoms with E-state index in [9.17, 15) is 0 Å². The Kier molecular flexibility index (Phi) is 4.19. The first kappa shape index (κ1) is 14.9. The summed E-state index contributed by atoms with van der Waals surface area (Å²) in [7, 11) is 0. The van der Waals surface area contributed by atoms with Gasteiger partial charge in [-0.05, 0) is 42.9 Å². The highest BCUT2D eigenvalue weighted by molar-refractivity contribution is 5.18. The number of hydrogen-bond donors (Lipinski definition) is 1. The Morgan fingerprint density at radius 1 is 0.957 bits per heavy atom. The Morgan fingerprint density at radius 2 is 1.52 bits per heavy atom. The van der Waals surface area contributed by atoms with Crippen LogP contribution in [0.15, 0.2) is 60.7 Å². The second-order valence-corrected chi connectivity index (χ2v) is 7.20. The predicted octanol–water partition coefficient (Wildman–Crippen LogP) is 3.69. The third kappa shape index (κ3) is 3.06. The van der Waals surface area contributed by atoms with E-state index in [2.05, 4.69) is 77.8 Å². The Hall–Kier alpha value is -1.64. The fraction of sp³-hybridized carbons (Fsp3) is 0.429. The minimum absolute atomic E-state index is 0.620. The molecule has 2 nitrogen and oxygen atoms in total. The Balaban J connectivity index is 1.53. The van der Waals surface area contributed by atoms with Gasteiger partial charge in [0.1, 0.15) is 0 Å². The fourth-order valence-electron chi connectivity index (χ4n) is 4.47. The minimum atomic E-state index is 0.620. The van der Waals surface area contributed by atoms with Crippen molar-refractivity contribution < 1.29 is 0 Å². The van der Waals surface area contributed by atoms with Crippen molar-refractivity contribution in [2.45, 2.75) is 38.5 Å². The minimum Gasteiger partial charge on any atom is -0.313 e. The van der Waals surface area contributed by atoms with Gasteiger partial charge in [0.2, 0.25) is 0 Å². The molecule has 5 rings (SSSR count). The van der Waals surface area contributed by atoms with Crippen molar-refractivity contribution in [3.05, 3.63) is 71.8 Å². The second-order valence-electron chi connectivity index (χ2n) is 7.20. The number of nitrogens with one attached hydrogen (secondary N) is 1. The molecular weight excluding hydrogens is 280 g/mol. The van der Waals surface area contributed by atoms with E-state index >= 15 is 0 Å². The van der Waals surface area contributed by atoms with Crippen LogP contribution in [0.3, 0.4) is 0 Å². The third-order valence-electron chi connectivity index (χ3n) is 5.80.